The highest BCUT2D eigenvalue weighted by Gasteiger charge is 2.23. The highest BCUT2D eigenvalue weighted by atomic mass is 32.2. The van der Waals surface area contributed by atoms with Gasteiger partial charge in [0.25, 0.3) is 10.0 Å². The Morgan fingerprint density at radius 3 is 2.29 bits per heavy atom. The molecule has 0 bridgehead atoms. The average molecular weight is 301 g/mol. The Bertz CT molecular complexity index is 737. The number of aryl methyl sites for hydroxylation is 2. The lowest BCUT2D eigenvalue weighted by Gasteiger charge is -2.24. The van der Waals surface area contributed by atoms with E-state index in [9.17, 15) is 8.42 Å². The Hall–Kier alpha value is -2.07. The topological polar surface area (TPSA) is 37.4 Å². The number of benzene rings is 2. The van der Waals surface area contributed by atoms with Crippen LogP contribution >= 0.6 is 0 Å². The molecule has 0 amide bonds. The first-order valence-electron chi connectivity index (χ1n) is 6.73. The highest BCUT2D eigenvalue weighted by Crippen LogP contribution is 2.25. The second kappa shape index (κ2) is 6.14. The van der Waals surface area contributed by atoms with Crippen LogP contribution in [0.1, 0.15) is 11.1 Å². The average Bonchev–Trinajstić information content (AvgIpc) is 2.48. The molecule has 0 atom stereocenters. The van der Waals surface area contributed by atoms with Crippen molar-refractivity contribution in [3.8, 4) is 0 Å². The minimum Gasteiger partial charge on any atom is -0.263 e. The molecule has 21 heavy (non-hydrogen) atoms. The summed E-state index contributed by atoms with van der Waals surface area (Å²) in [4.78, 5) is 0.282. The van der Waals surface area contributed by atoms with Gasteiger partial charge in [0.2, 0.25) is 0 Å². The summed E-state index contributed by atoms with van der Waals surface area (Å²) in [5.74, 6) is 0. The zero-order valence-electron chi connectivity index (χ0n) is 12.3. The first kappa shape index (κ1) is 15.3. The molecular formula is C17H19NO2S. The highest BCUT2D eigenvalue weighted by molar-refractivity contribution is 7.92. The summed E-state index contributed by atoms with van der Waals surface area (Å²) in [6, 6.07) is 14.1. The molecule has 3 nitrogen and oxygen atoms in total. The van der Waals surface area contributed by atoms with Crippen LogP contribution in [0.2, 0.25) is 0 Å². The molecule has 0 fully saturated rings. The van der Waals surface area contributed by atoms with Crippen LogP contribution in [0.3, 0.4) is 0 Å². The maximum Gasteiger partial charge on any atom is 0.264 e. The maximum atomic E-state index is 12.8. The van der Waals surface area contributed by atoms with Crippen molar-refractivity contribution in [2.75, 3.05) is 10.8 Å². The molecule has 0 unspecified atom stereocenters. The number of rotatable bonds is 5. The Morgan fingerprint density at radius 1 is 1.05 bits per heavy atom. The SMILES string of the molecule is C=CCN(c1ccc(C)c(C)c1)S(=O)(=O)c1ccccc1. The van der Waals surface area contributed by atoms with Crippen LogP contribution in [0.25, 0.3) is 0 Å². The summed E-state index contributed by atoms with van der Waals surface area (Å²) in [6.45, 7) is 7.88. The van der Waals surface area contributed by atoms with Gasteiger partial charge in [-0.1, -0.05) is 30.3 Å². The van der Waals surface area contributed by atoms with Gasteiger partial charge in [0.05, 0.1) is 17.1 Å². The molecule has 2 rings (SSSR count). The van der Waals surface area contributed by atoms with Crippen molar-refractivity contribution in [2.45, 2.75) is 18.7 Å². The molecule has 0 saturated heterocycles. The lowest BCUT2D eigenvalue weighted by atomic mass is 10.1. The molecule has 2 aromatic rings. The van der Waals surface area contributed by atoms with Gasteiger partial charge in [0, 0.05) is 0 Å². The van der Waals surface area contributed by atoms with E-state index in [0.29, 0.717) is 5.69 Å². The van der Waals surface area contributed by atoms with Crippen LogP contribution in [-0.2, 0) is 10.0 Å². The lowest BCUT2D eigenvalue weighted by Crippen LogP contribution is -2.31. The van der Waals surface area contributed by atoms with Crippen molar-refractivity contribution < 1.29 is 8.42 Å². The number of nitrogens with zero attached hydrogens (tertiary/aromatic N) is 1. The quantitative estimate of drug-likeness (QED) is 0.790. The molecular weight excluding hydrogens is 282 g/mol. The van der Waals surface area contributed by atoms with Gasteiger partial charge in [-0.3, -0.25) is 4.31 Å². The number of hydrogen-bond donors (Lipinski definition) is 0. The lowest BCUT2D eigenvalue weighted by molar-refractivity contribution is 0.593. The Labute approximate surface area is 126 Å². The fourth-order valence-corrected chi connectivity index (χ4v) is 3.51. The Kier molecular flexibility index (Phi) is 4.48. The molecule has 4 heteroatoms. The van der Waals surface area contributed by atoms with Crippen molar-refractivity contribution >= 4 is 15.7 Å². The molecule has 0 spiro atoms. The zero-order valence-corrected chi connectivity index (χ0v) is 13.1. The molecule has 0 aliphatic carbocycles. The van der Waals surface area contributed by atoms with Gasteiger partial charge >= 0.3 is 0 Å². The van der Waals surface area contributed by atoms with Gasteiger partial charge in [-0.25, -0.2) is 8.42 Å². The smallest absolute Gasteiger partial charge is 0.263 e. The van der Waals surface area contributed by atoms with Gasteiger partial charge in [0.15, 0.2) is 0 Å². The number of hydrogen-bond acceptors (Lipinski definition) is 2. The first-order chi connectivity index (χ1) is 9.96. The van der Waals surface area contributed by atoms with Crippen LogP contribution < -0.4 is 4.31 Å². The molecule has 0 radical (unpaired) electrons. The van der Waals surface area contributed by atoms with E-state index in [4.69, 9.17) is 0 Å². The minimum atomic E-state index is -3.58. The van der Waals surface area contributed by atoms with E-state index in [1.54, 1.807) is 36.4 Å². The molecule has 0 aliphatic rings. The van der Waals surface area contributed by atoms with Crippen molar-refractivity contribution in [3.63, 3.8) is 0 Å². The normalized spacial score (nSPS) is 11.1. The van der Waals surface area contributed by atoms with Crippen molar-refractivity contribution in [1.82, 2.24) is 0 Å². The van der Waals surface area contributed by atoms with E-state index in [2.05, 4.69) is 6.58 Å². The van der Waals surface area contributed by atoms with Gasteiger partial charge in [-0.15, -0.1) is 6.58 Å². The maximum absolute atomic E-state index is 12.8. The van der Waals surface area contributed by atoms with Gasteiger partial charge < -0.3 is 0 Å². The monoisotopic (exact) mass is 301 g/mol. The number of sulfonamides is 1. The van der Waals surface area contributed by atoms with E-state index in [1.807, 2.05) is 32.0 Å². The van der Waals surface area contributed by atoms with Crippen LogP contribution in [0, 0.1) is 13.8 Å². The van der Waals surface area contributed by atoms with Crippen LogP contribution in [0.5, 0.6) is 0 Å². The van der Waals surface area contributed by atoms with Crippen LogP contribution in [0.15, 0.2) is 66.1 Å². The third kappa shape index (κ3) is 3.16. The fraction of sp³-hybridized carbons (Fsp3) is 0.176. The van der Waals surface area contributed by atoms with Gasteiger partial charge in [0.1, 0.15) is 0 Å². The predicted molar refractivity (Wildman–Crippen MR) is 87.1 cm³/mol. The van der Waals surface area contributed by atoms with Gasteiger partial charge in [-0.2, -0.15) is 0 Å². The summed E-state index contributed by atoms with van der Waals surface area (Å²) in [5.41, 5.74) is 2.85. The van der Waals surface area contributed by atoms with E-state index in [-0.39, 0.29) is 11.4 Å². The van der Waals surface area contributed by atoms with E-state index in [1.165, 1.54) is 4.31 Å². The molecule has 0 saturated carbocycles. The van der Waals surface area contributed by atoms with Crippen molar-refractivity contribution in [2.24, 2.45) is 0 Å². The van der Waals surface area contributed by atoms with Crippen LogP contribution in [-0.4, -0.2) is 15.0 Å². The second-order valence-corrected chi connectivity index (χ2v) is 6.77. The Morgan fingerprint density at radius 2 is 1.71 bits per heavy atom. The van der Waals surface area contributed by atoms with Crippen molar-refractivity contribution in [1.29, 1.82) is 0 Å². The van der Waals surface area contributed by atoms with Crippen LogP contribution in [0.4, 0.5) is 5.69 Å². The molecule has 0 aliphatic heterocycles. The zero-order chi connectivity index (χ0) is 15.5. The molecule has 110 valence electrons. The third-order valence-electron chi connectivity index (χ3n) is 3.40. The summed E-state index contributed by atoms with van der Waals surface area (Å²) < 4.78 is 27.0. The van der Waals surface area contributed by atoms with Crippen molar-refractivity contribution in [3.05, 3.63) is 72.3 Å². The Balaban J connectivity index is 2.53. The molecule has 0 heterocycles. The van der Waals surface area contributed by atoms with Gasteiger partial charge in [-0.05, 0) is 49.2 Å². The predicted octanol–water partition coefficient (Wildman–Crippen LogP) is 3.68. The minimum absolute atomic E-state index is 0.236. The third-order valence-corrected chi connectivity index (χ3v) is 5.21. The summed E-state index contributed by atoms with van der Waals surface area (Å²) in [7, 11) is -3.58. The summed E-state index contributed by atoms with van der Waals surface area (Å²) >= 11 is 0. The largest absolute Gasteiger partial charge is 0.264 e. The molecule has 0 aromatic heterocycles. The summed E-state index contributed by atoms with van der Waals surface area (Å²) in [5, 5.41) is 0. The van der Waals surface area contributed by atoms with E-state index >= 15 is 0 Å². The summed E-state index contributed by atoms with van der Waals surface area (Å²) in [6.07, 6.45) is 1.59. The number of anilines is 1. The molecule has 0 N–H and O–H groups in total. The first-order valence-corrected chi connectivity index (χ1v) is 8.17. The second-order valence-electron chi connectivity index (χ2n) is 4.91. The van der Waals surface area contributed by atoms with E-state index < -0.39 is 10.0 Å². The molecule has 2 aromatic carbocycles. The standard InChI is InChI=1S/C17H19NO2S/c1-4-12-18(16-11-10-14(2)15(3)13-16)21(19,20)17-8-6-5-7-9-17/h4-11,13H,1,12H2,2-3H3. The van der Waals surface area contributed by atoms with E-state index in [0.717, 1.165) is 11.1 Å². The fourth-order valence-electron chi connectivity index (χ4n) is 2.06.